The summed E-state index contributed by atoms with van der Waals surface area (Å²) in [4.78, 5) is 30.3. The number of benzene rings is 1. The number of likely N-dealkylation sites (N-methyl/N-ethyl adjacent to an activating group) is 1. The van der Waals surface area contributed by atoms with Crippen molar-refractivity contribution >= 4 is 11.8 Å². The number of carbonyl (C=O) groups is 2. The van der Waals surface area contributed by atoms with Gasteiger partial charge in [0.25, 0.3) is 0 Å². The first-order chi connectivity index (χ1) is 12.1. The number of aryl methyl sites for hydroxylation is 1. The molecule has 4 nitrogen and oxygen atoms in total. The van der Waals surface area contributed by atoms with Crippen LogP contribution < -0.4 is 0 Å². The number of likely N-dealkylation sites (tertiary alicyclic amines) is 1. The monoisotopic (exact) mass is 342 g/mol. The van der Waals surface area contributed by atoms with E-state index in [1.165, 1.54) is 5.56 Å². The Balaban J connectivity index is 1.93. The Morgan fingerprint density at radius 2 is 1.88 bits per heavy atom. The largest absolute Gasteiger partial charge is 0.302 e. The Kier molecular flexibility index (Phi) is 5.28. The number of rotatable bonds is 6. The SMILES string of the molecule is CC[C@H](CN(CC)CC)N1C(=O)C[C@]2(CCCc3ccccc32)C1=O. The van der Waals surface area contributed by atoms with Gasteiger partial charge < -0.3 is 4.90 Å². The number of amides is 2. The van der Waals surface area contributed by atoms with Gasteiger partial charge in [0.1, 0.15) is 0 Å². The Labute approximate surface area is 151 Å². The molecule has 0 aromatic heterocycles. The second-order valence-electron chi connectivity index (χ2n) is 7.39. The van der Waals surface area contributed by atoms with Crippen molar-refractivity contribution in [2.45, 2.75) is 64.3 Å². The minimum atomic E-state index is -0.609. The highest BCUT2D eigenvalue weighted by Crippen LogP contribution is 2.46. The van der Waals surface area contributed by atoms with E-state index in [9.17, 15) is 9.59 Å². The van der Waals surface area contributed by atoms with Crippen molar-refractivity contribution in [2.24, 2.45) is 0 Å². The van der Waals surface area contributed by atoms with Crippen LogP contribution in [-0.4, -0.2) is 47.3 Å². The molecule has 136 valence electrons. The molecule has 1 aromatic rings. The van der Waals surface area contributed by atoms with Crippen molar-refractivity contribution in [1.82, 2.24) is 9.80 Å². The lowest BCUT2D eigenvalue weighted by Crippen LogP contribution is -2.49. The number of hydrogen-bond donors (Lipinski definition) is 0. The first kappa shape index (κ1) is 18.1. The molecule has 0 radical (unpaired) electrons. The maximum atomic E-state index is 13.5. The van der Waals surface area contributed by atoms with E-state index < -0.39 is 5.41 Å². The van der Waals surface area contributed by atoms with Gasteiger partial charge in [-0.25, -0.2) is 0 Å². The molecule has 1 aliphatic carbocycles. The van der Waals surface area contributed by atoms with E-state index in [4.69, 9.17) is 0 Å². The van der Waals surface area contributed by atoms with Crippen molar-refractivity contribution in [3.8, 4) is 0 Å². The molecule has 0 saturated carbocycles. The van der Waals surface area contributed by atoms with Crippen molar-refractivity contribution in [2.75, 3.05) is 19.6 Å². The van der Waals surface area contributed by atoms with Crippen LogP contribution in [0.4, 0.5) is 0 Å². The topological polar surface area (TPSA) is 40.6 Å². The third-order valence-electron chi connectivity index (χ3n) is 6.13. The van der Waals surface area contributed by atoms with E-state index in [1.807, 2.05) is 12.1 Å². The predicted molar refractivity (Wildman–Crippen MR) is 99.4 cm³/mol. The highest BCUT2D eigenvalue weighted by atomic mass is 16.2. The maximum absolute atomic E-state index is 13.5. The van der Waals surface area contributed by atoms with E-state index in [1.54, 1.807) is 4.90 Å². The summed E-state index contributed by atoms with van der Waals surface area (Å²) in [7, 11) is 0. The molecule has 1 fully saturated rings. The van der Waals surface area contributed by atoms with Crippen molar-refractivity contribution in [3.05, 3.63) is 35.4 Å². The van der Waals surface area contributed by atoms with E-state index in [0.29, 0.717) is 6.42 Å². The van der Waals surface area contributed by atoms with Crippen LogP contribution in [0.2, 0.25) is 0 Å². The summed E-state index contributed by atoms with van der Waals surface area (Å²) >= 11 is 0. The number of imide groups is 1. The Morgan fingerprint density at radius 1 is 1.16 bits per heavy atom. The molecular formula is C21H30N2O2. The van der Waals surface area contributed by atoms with Crippen LogP contribution in [0.5, 0.6) is 0 Å². The molecule has 4 heteroatoms. The fraction of sp³-hybridized carbons (Fsp3) is 0.619. The van der Waals surface area contributed by atoms with Gasteiger partial charge in [0, 0.05) is 13.0 Å². The quantitative estimate of drug-likeness (QED) is 0.746. The van der Waals surface area contributed by atoms with Gasteiger partial charge in [-0.15, -0.1) is 0 Å². The van der Waals surface area contributed by atoms with Gasteiger partial charge in [-0.05, 0) is 49.9 Å². The maximum Gasteiger partial charge on any atom is 0.240 e. The van der Waals surface area contributed by atoms with Gasteiger partial charge in [-0.3, -0.25) is 14.5 Å². The Hall–Kier alpha value is -1.68. The first-order valence-electron chi connectivity index (χ1n) is 9.74. The van der Waals surface area contributed by atoms with Gasteiger partial charge in [0.15, 0.2) is 0 Å². The lowest BCUT2D eigenvalue weighted by molar-refractivity contribution is -0.143. The lowest BCUT2D eigenvalue weighted by Gasteiger charge is -2.35. The molecule has 25 heavy (non-hydrogen) atoms. The number of carbonyl (C=O) groups excluding carboxylic acids is 2. The Morgan fingerprint density at radius 3 is 2.56 bits per heavy atom. The molecule has 3 rings (SSSR count). The zero-order valence-corrected chi connectivity index (χ0v) is 15.8. The molecular weight excluding hydrogens is 312 g/mol. The summed E-state index contributed by atoms with van der Waals surface area (Å²) in [6.07, 6.45) is 3.95. The average molecular weight is 342 g/mol. The van der Waals surface area contributed by atoms with Crippen LogP contribution >= 0.6 is 0 Å². The van der Waals surface area contributed by atoms with E-state index >= 15 is 0 Å². The molecule has 0 unspecified atom stereocenters. The van der Waals surface area contributed by atoms with Crippen LogP contribution in [0, 0.1) is 0 Å². The smallest absolute Gasteiger partial charge is 0.240 e. The molecule has 2 amide bonds. The summed E-state index contributed by atoms with van der Waals surface area (Å²) in [6, 6.07) is 8.19. The second-order valence-corrected chi connectivity index (χ2v) is 7.39. The molecule has 2 atom stereocenters. The van der Waals surface area contributed by atoms with Crippen LogP contribution in [0.1, 0.15) is 57.6 Å². The third-order valence-corrected chi connectivity index (χ3v) is 6.13. The van der Waals surface area contributed by atoms with E-state index in [-0.39, 0.29) is 17.9 Å². The first-order valence-corrected chi connectivity index (χ1v) is 9.74. The minimum Gasteiger partial charge on any atom is -0.302 e. The van der Waals surface area contributed by atoms with Crippen molar-refractivity contribution in [1.29, 1.82) is 0 Å². The Bertz CT molecular complexity index is 653. The highest BCUT2D eigenvalue weighted by Gasteiger charge is 2.55. The average Bonchev–Trinajstić information content (AvgIpc) is 2.88. The second kappa shape index (κ2) is 7.28. The van der Waals surface area contributed by atoms with Gasteiger partial charge >= 0.3 is 0 Å². The number of fused-ring (bicyclic) bond motifs is 2. The normalized spacial score (nSPS) is 24.2. The fourth-order valence-corrected chi connectivity index (χ4v) is 4.63. The van der Waals surface area contributed by atoms with Gasteiger partial charge in [-0.1, -0.05) is 45.0 Å². The van der Waals surface area contributed by atoms with Gasteiger partial charge in [0.05, 0.1) is 11.5 Å². The van der Waals surface area contributed by atoms with Crippen LogP contribution in [0.3, 0.4) is 0 Å². The van der Waals surface area contributed by atoms with Gasteiger partial charge in [0.2, 0.25) is 11.8 Å². The lowest BCUT2D eigenvalue weighted by atomic mass is 9.69. The molecule has 1 aromatic carbocycles. The van der Waals surface area contributed by atoms with Crippen LogP contribution in [0.15, 0.2) is 24.3 Å². The standard InChI is InChI=1S/C21H30N2O2/c1-4-17(15-22(5-2)6-3)23-19(24)14-21(20(23)25)13-9-11-16-10-7-8-12-18(16)21/h7-8,10,12,17H,4-6,9,11,13-15H2,1-3H3/t17-,21+/m1/s1. The summed E-state index contributed by atoms with van der Waals surface area (Å²) < 4.78 is 0. The summed E-state index contributed by atoms with van der Waals surface area (Å²) in [5.74, 6) is 0.0596. The van der Waals surface area contributed by atoms with Crippen LogP contribution in [0.25, 0.3) is 0 Å². The molecule has 1 saturated heterocycles. The zero-order chi connectivity index (χ0) is 18.0. The molecule has 1 heterocycles. The third kappa shape index (κ3) is 3.01. The number of nitrogens with zero attached hydrogens (tertiary/aromatic N) is 2. The fourth-order valence-electron chi connectivity index (χ4n) is 4.63. The molecule has 1 aliphatic heterocycles. The number of hydrogen-bond acceptors (Lipinski definition) is 3. The highest BCUT2D eigenvalue weighted by molar-refractivity contribution is 6.09. The predicted octanol–water partition coefficient (Wildman–Crippen LogP) is 3.14. The summed E-state index contributed by atoms with van der Waals surface area (Å²) in [5.41, 5.74) is 1.73. The van der Waals surface area contributed by atoms with Gasteiger partial charge in [-0.2, -0.15) is 0 Å². The minimum absolute atomic E-state index is 0.0145. The molecule has 2 aliphatic rings. The van der Waals surface area contributed by atoms with E-state index in [2.05, 4.69) is 37.8 Å². The molecule has 0 N–H and O–H groups in total. The van der Waals surface area contributed by atoms with Crippen molar-refractivity contribution < 1.29 is 9.59 Å². The summed E-state index contributed by atoms with van der Waals surface area (Å²) in [6.45, 7) is 8.99. The molecule has 0 bridgehead atoms. The van der Waals surface area contributed by atoms with Crippen LogP contribution in [-0.2, 0) is 21.4 Å². The molecule has 1 spiro atoms. The van der Waals surface area contributed by atoms with E-state index in [0.717, 1.165) is 50.9 Å². The van der Waals surface area contributed by atoms with Crippen molar-refractivity contribution in [3.63, 3.8) is 0 Å². The zero-order valence-electron chi connectivity index (χ0n) is 15.8. The summed E-state index contributed by atoms with van der Waals surface area (Å²) in [5, 5.41) is 0.